The van der Waals surface area contributed by atoms with Gasteiger partial charge in [-0.25, -0.2) is 0 Å². The summed E-state index contributed by atoms with van der Waals surface area (Å²) in [4.78, 5) is 24.1. The number of aliphatic hydroxyl groups excluding tert-OH is 2. The molecule has 1 fully saturated rings. The van der Waals surface area contributed by atoms with Gasteiger partial charge in [0.15, 0.2) is 0 Å². The average molecular weight is 312 g/mol. The summed E-state index contributed by atoms with van der Waals surface area (Å²) in [5.41, 5.74) is -1.22. The van der Waals surface area contributed by atoms with Crippen molar-refractivity contribution >= 4 is 11.8 Å². The van der Waals surface area contributed by atoms with Crippen molar-refractivity contribution in [1.82, 2.24) is 10.2 Å². The lowest BCUT2D eigenvalue weighted by molar-refractivity contribution is -0.157. The summed E-state index contributed by atoms with van der Waals surface area (Å²) >= 11 is 0. The Hall–Kier alpha value is -1.35. The number of nitrogens with one attached hydrogen (secondary N) is 1. The van der Waals surface area contributed by atoms with Gasteiger partial charge in [-0.1, -0.05) is 6.92 Å². The van der Waals surface area contributed by atoms with Crippen LogP contribution in [0.15, 0.2) is 0 Å². The summed E-state index contributed by atoms with van der Waals surface area (Å²) in [5, 5.41) is 20.9. The number of hydrogen-bond acceptors (Lipinski definition) is 4. The second-order valence-electron chi connectivity index (χ2n) is 5.23. The fourth-order valence-corrected chi connectivity index (χ4v) is 2.12. The van der Waals surface area contributed by atoms with Crippen molar-refractivity contribution in [2.75, 3.05) is 26.3 Å². The van der Waals surface area contributed by atoms with Crippen LogP contribution in [-0.4, -0.2) is 64.9 Å². The summed E-state index contributed by atoms with van der Waals surface area (Å²) in [6.45, 7) is -1.06. The smallest absolute Gasteiger partial charge is 0.394 e. The molecule has 0 spiro atoms. The molecule has 21 heavy (non-hydrogen) atoms. The molecule has 1 atom stereocenters. The number of hydrogen-bond donors (Lipinski definition) is 3. The first-order valence-electron chi connectivity index (χ1n) is 6.54. The minimum Gasteiger partial charge on any atom is -0.394 e. The average Bonchev–Trinajstić information content (AvgIpc) is 2.75. The number of alkyl halides is 3. The Bertz CT molecular complexity index is 388. The van der Waals surface area contributed by atoms with Gasteiger partial charge in [-0.3, -0.25) is 9.59 Å². The molecule has 0 aromatic rings. The van der Waals surface area contributed by atoms with Crippen molar-refractivity contribution in [1.29, 1.82) is 0 Å². The summed E-state index contributed by atoms with van der Waals surface area (Å²) < 4.78 is 36.9. The number of rotatable bonds is 6. The number of amides is 2. The summed E-state index contributed by atoms with van der Waals surface area (Å²) in [6.07, 6.45) is -4.57. The van der Waals surface area contributed by atoms with Gasteiger partial charge in [-0.15, -0.1) is 0 Å². The highest BCUT2D eigenvalue weighted by Crippen LogP contribution is 2.24. The number of halogens is 3. The number of nitrogens with zero attached hydrogens (tertiary/aromatic N) is 1. The first kappa shape index (κ1) is 17.7. The number of likely N-dealkylation sites (tertiary alicyclic amines) is 1. The van der Waals surface area contributed by atoms with E-state index >= 15 is 0 Å². The van der Waals surface area contributed by atoms with Crippen molar-refractivity contribution in [3.8, 4) is 0 Å². The zero-order valence-electron chi connectivity index (χ0n) is 11.6. The van der Waals surface area contributed by atoms with Crippen molar-refractivity contribution in [2.24, 2.45) is 5.92 Å². The van der Waals surface area contributed by atoms with Gasteiger partial charge in [-0.05, 0) is 6.42 Å². The number of carbonyl (C=O) groups is 2. The fraction of sp³-hybridized carbons (Fsp3) is 0.833. The monoisotopic (exact) mass is 312 g/mol. The normalized spacial score (nSPS) is 20.0. The maximum Gasteiger partial charge on any atom is 0.406 e. The lowest BCUT2D eigenvalue weighted by atomic mass is 9.96. The van der Waals surface area contributed by atoms with Crippen molar-refractivity contribution in [3.05, 3.63) is 0 Å². The molecule has 0 bridgehead atoms. The Morgan fingerprint density at radius 1 is 1.38 bits per heavy atom. The van der Waals surface area contributed by atoms with Gasteiger partial charge in [0.05, 0.1) is 24.7 Å². The van der Waals surface area contributed by atoms with E-state index in [1.54, 1.807) is 6.92 Å². The molecule has 1 saturated heterocycles. The van der Waals surface area contributed by atoms with Gasteiger partial charge in [-0.2, -0.15) is 13.2 Å². The van der Waals surface area contributed by atoms with Gasteiger partial charge in [0.1, 0.15) is 6.54 Å². The first-order valence-corrected chi connectivity index (χ1v) is 6.54. The molecule has 1 aliphatic heterocycles. The molecule has 9 heteroatoms. The largest absolute Gasteiger partial charge is 0.406 e. The first-order chi connectivity index (χ1) is 9.66. The summed E-state index contributed by atoms with van der Waals surface area (Å²) in [5.74, 6) is -2.29. The fourth-order valence-electron chi connectivity index (χ4n) is 2.12. The van der Waals surface area contributed by atoms with Crippen LogP contribution in [0, 0.1) is 5.92 Å². The molecule has 0 saturated carbocycles. The van der Waals surface area contributed by atoms with E-state index in [-0.39, 0.29) is 19.4 Å². The van der Waals surface area contributed by atoms with Crippen LogP contribution in [0.1, 0.15) is 19.8 Å². The quantitative estimate of drug-likeness (QED) is 0.625. The van der Waals surface area contributed by atoms with Crippen LogP contribution in [0.5, 0.6) is 0 Å². The van der Waals surface area contributed by atoms with Gasteiger partial charge >= 0.3 is 6.18 Å². The molecule has 1 heterocycles. The van der Waals surface area contributed by atoms with Crippen molar-refractivity contribution in [2.45, 2.75) is 31.5 Å². The van der Waals surface area contributed by atoms with Crippen LogP contribution in [0.25, 0.3) is 0 Å². The molecule has 1 unspecified atom stereocenters. The lowest BCUT2D eigenvalue weighted by Gasteiger charge is -2.30. The Balaban J connectivity index is 2.67. The van der Waals surface area contributed by atoms with E-state index in [1.807, 2.05) is 0 Å². The van der Waals surface area contributed by atoms with E-state index < -0.39 is 49.2 Å². The Labute approximate surface area is 119 Å². The Morgan fingerprint density at radius 2 is 1.95 bits per heavy atom. The minimum atomic E-state index is -4.51. The molecule has 0 aliphatic carbocycles. The molecule has 0 aromatic carbocycles. The second kappa shape index (κ2) is 6.61. The SMILES string of the molecule is CCC(CO)(CO)NC(=O)C1CC(=O)N(CC(F)(F)F)C1. The predicted octanol–water partition coefficient (Wildman–Crippen LogP) is -0.353. The third-order valence-corrected chi connectivity index (χ3v) is 3.63. The van der Waals surface area contributed by atoms with Gasteiger partial charge in [0, 0.05) is 13.0 Å². The summed E-state index contributed by atoms with van der Waals surface area (Å²) in [7, 11) is 0. The minimum absolute atomic E-state index is 0.249. The third-order valence-electron chi connectivity index (χ3n) is 3.63. The number of aliphatic hydroxyl groups is 2. The lowest BCUT2D eigenvalue weighted by Crippen LogP contribution is -2.55. The van der Waals surface area contributed by atoms with Crippen LogP contribution < -0.4 is 5.32 Å². The summed E-state index contributed by atoms with van der Waals surface area (Å²) in [6, 6.07) is 0. The molecule has 1 aliphatic rings. The highest BCUT2D eigenvalue weighted by Gasteiger charge is 2.42. The van der Waals surface area contributed by atoms with Crippen molar-refractivity contribution in [3.63, 3.8) is 0 Å². The second-order valence-corrected chi connectivity index (χ2v) is 5.23. The van der Waals surface area contributed by atoms with Crippen LogP contribution in [0.4, 0.5) is 13.2 Å². The van der Waals surface area contributed by atoms with Crippen LogP contribution in [0.3, 0.4) is 0 Å². The molecular formula is C12H19F3N2O4. The van der Waals surface area contributed by atoms with Gasteiger partial charge < -0.3 is 20.4 Å². The van der Waals surface area contributed by atoms with E-state index in [2.05, 4.69) is 5.32 Å². The topological polar surface area (TPSA) is 89.9 Å². The zero-order valence-corrected chi connectivity index (χ0v) is 11.6. The molecule has 3 N–H and O–H groups in total. The van der Waals surface area contributed by atoms with Crippen LogP contribution in [0.2, 0.25) is 0 Å². The van der Waals surface area contributed by atoms with Gasteiger partial charge in [0.2, 0.25) is 11.8 Å². The van der Waals surface area contributed by atoms with E-state index in [9.17, 15) is 33.0 Å². The molecule has 122 valence electrons. The van der Waals surface area contributed by atoms with E-state index in [0.29, 0.717) is 4.90 Å². The van der Waals surface area contributed by atoms with Crippen LogP contribution in [-0.2, 0) is 9.59 Å². The van der Waals surface area contributed by atoms with Crippen molar-refractivity contribution < 1.29 is 33.0 Å². The zero-order chi connectivity index (χ0) is 16.3. The molecule has 6 nitrogen and oxygen atoms in total. The number of carbonyl (C=O) groups excluding carboxylic acids is 2. The highest BCUT2D eigenvalue weighted by atomic mass is 19.4. The maximum absolute atomic E-state index is 12.3. The van der Waals surface area contributed by atoms with Gasteiger partial charge in [0.25, 0.3) is 0 Å². The standard InChI is InChI=1S/C12H19F3N2O4/c1-2-11(6-18,7-19)16-10(21)8-3-9(20)17(4-8)5-12(13,14)15/h8,18-19H,2-7H2,1H3,(H,16,21). The maximum atomic E-state index is 12.3. The molecule has 1 rings (SSSR count). The molecule has 0 radical (unpaired) electrons. The Morgan fingerprint density at radius 3 is 2.38 bits per heavy atom. The molecular weight excluding hydrogens is 293 g/mol. The third kappa shape index (κ3) is 4.57. The highest BCUT2D eigenvalue weighted by molar-refractivity contribution is 5.89. The van der Waals surface area contributed by atoms with E-state index in [4.69, 9.17) is 0 Å². The van der Waals surface area contributed by atoms with E-state index in [0.717, 1.165) is 0 Å². The molecule has 0 aromatic heterocycles. The predicted molar refractivity (Wildman–Crippen MR) is 66.1 cm³/mol. The molecule has 2 amide bonds. The van der Waals surface area contributed by atoms with Crippen LogP contribution >= 0.6 is 0 Å². The van der Waals surface area contributed by atoms with E-state index in [1.165, 1.54) is 0 Å². The Kier molecular flexibility index (Phi) is 5.57.